The van der Waals surface area contributed by atoms with E-state index in [1.165, 1.54) is 0 Å². The summed E-state index contributed by atoms with van der Waals surface area (Å²) in [7, 11) is 7.18. The van der Waals surface area contributed by atoms with Gasteiger partial charge in [0.15, 0.2) is 5.96 Å². The van der Waals surface area contributed by atoms with E-state index in [9.17, 15) is 0 Å². The first-order valence-electron chi connectivity index (χ1n) is 10.3. The zero-order valence-electron chi connectivity index (χ0n) is 18.9. The van der Waals surface area contributed by atoms with E-state index in [-0.39, 0.29) is 24.0 Å². The second-order valence-electron chi connectivity index (χ2n) is 7.20. The topological polar surface area (TPSA) is 70.6 Å². The Hall–Kier alpha value is -1.46. The van der Waals surface area contributed by atoms with Gasteiger partial charge in [0.2, 0.25) is 0 Å². The van der Waals surface area contributed by atoms with Gasteiger partial charge in [0, 0.05) is 69.8 Å². The van der Waals surface area contributed by atoms with E-state index in [2.05, 4.69) is 46.5 Å². The summed E-state index contributed by atoms with van der Waals surface area (Å²) in [5.74, 6) is 2.49. The summed E-state index contributed by atoms with van der Waals surface area (Å²) < 4.78 is 15.9. The number of nitrogens with one attached hydrogen (secondary N) is 2. The molecule has 1 aromatic rings. The molecule has 0 bridgehead atoms. The van der Waals surface area contributed by atoms with E-state index < -0.39 is 0 Å². The first-order valence-corrected chi connectivity index (χ1v) is 10.3. The highest BCUT2D eigenvalue weighted by Gasteiger charge is 2.24. The minimum Gasteiger partial charge on any atom is -0.497 e. The second kappa shape index (κ2) is 14.5. The Morgan fingerprint density at radius 2 is 1.87 bits per heavy atom. The van der Waals surface area contributed by atoms with Crippen LogP contribution < -0.4 is 25.0 Å². The number of hydrogen-bond donors (Lipinski definition) is 2. The van der Waals surface area contributed by atoms with Crippen LogP contribution in [-0.2, 0) is 4.74 Å². The van der Waals surface area contributed by atoms with Crippen LogP contribution in [0.15, 0.2) is 23.2 Å². The van der Waals surface area contributed by atoms with Crippen molar-refractivity contribution in [1.82, 2.24) is 15.5 Å². The molecule has 0 saturated carbocycles. The van der Waals surface area contributed by atoms with Gasteiger partial charge < -0.3 is 34.6 Å². The van der Waals surface area contributed by atoms with Crippen LogP contribution in [-0.4, -0.2) is 91.2 Å². The Bertz CT molecular complexity index is 625. The minimum atomic E-state index is 0. The minimum absolute atomic E-state index is 0. The highest BCUT2D eigenvalue weighted by molar-refractivity contribution is 14.0. The van der Waals surface area contributed by atoms with E-state index in [0.29, 0.717) is 6.04 Å². The van der Waals surface area contributed by atoms with Gasteiger partial charge in [-0.05, 0) is 20.4 Å². The molecule has 0 spiro atoms. The summed E-state index contributed by atoms with van der Waals surface area (Å²) >= 11 is 0. The van der Waals surface area contributed by atoms with Crippen LogP contribution in [0, 0.1) is 0 Å². The van der Waals surface area contributed by atoms with E-state index in [0.717, 1.165) is 75.4 Å². The molecule has 172 valence electrons. The molecule has 1 aliphatic rings. The summed E-state index contributed by atoms with van der Waals surface area (Å²) in [4.78, 5) is 9.31. The molecule has 2 N–H and O–H groups in total. The highest BCUT2D eigenvalue weighted by atomic mass is 127. The molecule has 1 heterocycles. The van der Waals surface area contributed by atoms with Gasteiger partial charge in [0.25, 0.3) is 0 Å². The smallest absolute Gasteiger partial charge is 0.191 e. The second-order valence-corrected chi connectivity index (χ2v) is 7.20. The fourth-order valence-electron chi connectivity index (χ4n) is 3.29. The van der Waals surface area contributed by atoms with Crippen LogP contribution in [0.25, 0.3) is 0 Å². The number of rotatable bonds is 11. The highest BCUT2D eigenvalue weighted by Crippen LogP contribution is 2.30. The van der Waals surface area contributed by atoms with Crippen molar-refractivity contribution in [2.75, 3.05) is 79.2 Å². The third kappa shape index (κ3) is 8.73. The molecule has 1 unspecified atom stereocenters. The van der Waals surface area contributed by atoms with Crippen LogP contribution in [0.3, 0.4) is 0 Å². The molecule has 30 heavy (non-hydrogen) atoms. The molecule has 1 atom stereocenters. The summed E-state index contributed by atoms with van der Waals surface area (Å²) in [6.07, 6.45) is 1.05. The molecule has 0 amide bonds. The van der Waals surface area contributed by atoms with Crippen molar-refractivity contribution in [3.63, 3.8) is 0 Å². The average Bonchev–Trinajstić information content (AvgIpc) is 3.20. The largest absolute Gasteiger partial charge is 0.497 e. The number of anilines is 1. The molecule has 1 aliphatic heterocycles. The van der Waals surface area contributed by atoms with Crippen LogP contribution in [0.1, 0.15) is 13.3 Å². The van der Waals surface area contributed by atoms with Crippen LogP contribution in [0.5, 0.6) is 11.5 Å². The lowest BCUT2D eigenvalue weighted by Crippen LogP contribution is -2.45. The third-order valence-corrected chi connectivity index (χ3v) is 5.00. The summed E-state index contributed by atoms with van der Waals surface area (Å²) in [6, 6.07) is 6.35. The van der Waals surface area contributed by atoms with Gasteiger partial charge in [0.1, 0.15) is 11.5 Å². The number of benzene rings is 1. The van der Waals surface area contributed by atoms with E-state index >= 15 is 0 Å². The number of nitrogens with zero attached hydrogens (tertiary/aromatic N) is 3. The maximum Gasteiger partial charge on any atom is 0.191 e. The van der Waals surface area contributed by atoms with E-state index in [1.807, 2.05) is 6.07 Å². The number of ether oxygens (including phenoxy) is 3. The third-order valence-electron chi connectivity index (χ3n) is 5.00. The van der Waals surface area contributed by atoms with Gasteiger partial charge in [-0.3, -0.25) is 4.99 Å². The normalized spacial score (nSPS) is 16.4. The Balaban J connectivity index is 0.00000450. The summed E-state index contributed by atoms with van der Waals surface area (Å²) in [5, 5.41) is 6.94. The van der Waals surface area contributed by atoms with E-state index in [1.54, 1.807) is 21.3 Å². The first-order chi connectivity index (χ1) is 14.1. The molecular weight excluding hydrogens is 497 g/mol. The molecule has 0 aromatic heterocycles. The fourth-order valence-corrected chi connectivity index (χ4v) is 3.29. The average molecular weight is 535 g/mol. The molecular formula is C21H38IN5O3. The van der Waals surface area contributed by atoms with Gasteiger partial charge >= 0.3 is 0 Å². The molecule has 0 radical (unpaired) electrons. The fraction of sp³-hybridized carbons (Fsp3) is 0.667. The lowest BCUT2D eigenvalue weighted by molar-refractivity contribution is 0.163. The first kappa shape index (κ1) is 26.6. The van der Waals surface area contributed by atoms with E-state index in [4.69, 9.17) is 19.2 Å². The molecule has 9 heteroatoms. The van der Waals surface area contributed by atoms with Crippen LogP contribution in [0.2, 0.25) is 0 Å². The lowest BCUT2D eigenvalue weighted by atomic mass is 10.2. The lowest BCUT2D eigenvalue weighted by Gasteiger charge is -2.21. The summed E-state index contributed by atoms with van der Waals surface area (Å²) in [6.45, 7) is 8.13. The summed E-state index contributed by atoms with van der Waals surface area (Å²) in [5.41, 5.74) is 1.12. The standard InChI is InChI=1S/C21H37N5O3.HI/c1-6-22-21(23-8-10-25(2)11-12-27-3)24-17-7-9-26(16-17)18-13-19(28-4)15-20(14-18)29-5;/h13-15,17H,6-12,16H2,1-5H3,(H2,22,23,24);1H. The number of methoxy groups -OCH3 is 3. The monoisotopic (exact) mass is 535 g/mol. The van der Waals surface area contributed by atoms with Crippen molar-refractivity contribution in [3.8, 4) is 11.5 Å². The number of aliphatic imine (C=N–C) groups is 1. The van der Waals surface area contributed by atoms with Crippen LogP contribution in [0.4, 0.5) is 5.69 Å². The Morgan fingerprint density at radius 3 is 2.47 bits per heavy atom. The maximum atomic E-state index is 5.41. The van der Waals surface area contributed by atoms with Gasteiger partial charge in [-0.2, -0.15) is 0 Å². The van der Waals surface area contributed by atoms with Crippen molar-refractivity contribution in [2.24, 2.45) is 4.99 Å². The van der Waals surface area contributed by atoms with Crippen LogP contribution >= 0.6 is 24.0 Å². The predicted octanol–water partition coefficient (Wildman–Crippen LogP) is 2.03. The molecule has 0 aliphatic carbocycles. The predicted molar refractivity (Wildman–Crippen MR) is 134 cm³/mol. The number of guanidine groups is 1. The quantitative estimate of drug-likeness (QED) is 0.255. The van der Waals surface area contributed by atoms with Crippen molar-refractivity contribution in [2.45, 2.75) is 19.4 Å². The Kier molecular flexibility index (Phi) is 12.9. The van der Waals surface area contributed by atoms with Gasteiger partial charge in [0.05, 0.1) is 27.4 Å². The molecule has 1 aromatic carbocycles. The molecule has 1 fully saturated rings. The SMILES string of the molecule is CCNC(=NCCN(C)CCOC)NC1CCN(c2cc(OC)cc(OC)c2)C1.I. The molecule has 2 rings (SSSR count). The Morgan fingerprint density at radius 1 is 1.17 bits per heavy atom. The van der Waals surface area contributed by atoms with Crippen molar-refractivity contribution < 1.29 is 14.2 Å². The zero-order valence-corrected chi connectivity index (χ0v) is 21.3. The van der Waals surface area contributed by atoms with Gasteiger partial charge in [-0.25, -0.2) is 0 Å². The van der Waals surface area contributed by atoms with Gasteiger partial charge in [-0.15, -0.1) is 24.0 Å². The van der Waals surface area contributed by atoms with Crippen molar-refractivity contribution in [3.05, 3.63) is 18.2 Å². The van der Waals surface area contributed by atoms with Crippen molar-refractivity contribution in [1.29, 1.82) is 0 Å². The maximum absolute atomic E-state index is 5.41. The molecule has 8 nitrogen and oxygen atoms in total. The Labute approximate surface area is 198 Å². The van der Waals surface area contributed by atoms with Gasteiger partial charge in [-0.1, -0.05) is 0 Å². The van der Waals surface area contributed by atoms with Crippen molar-refractivity contribution >= 4 is 35.6 Å². The number of likely N-dealkylation sites (N-methyl/N-ethyl adjacent to an activating group) is 1. The number of halogens is 1. The zero-order chi connectivity index (χ0) is 21.1. The molecule has 1 saturated heterocycles. The number of hydrogen-bond acceptors (Lipinski definition) is 6.